The Morgan fingerprint density at radius 3 is 2.35 bits per heavy atom. The molecule has 1 aliphatic heterocycles. The Labute approximate surface area is 121 Å². The summed E-state index contributed by atoms with van der Waals surface area (Å²) >= 11 is 0. The standard InChI is InChI=1S/C7H13NO4S.C6H13N/c1-4-7(9)8-5(2)6(3)13(10,11)12;1-6-4-2-3-5-7-6/h4-6H,1H2,2-3H3,(H,8,9)(H,10,11,12);6-7H,2-5H2,1H3. The molecular formula is C13H26N2O4S. The molecule has 0 bridgehead atoms. The zero-order chi connectivity index (χ0) is 15.8. The molecule has 0 spiro atoms. The Hall–Kier alpha value is -0.920. The molecule has 1 fully saturated rings. The monoisotopic (exact) mass is 306 g/mol. The first kappa shape index (κ1) is 19.1. The van der Waals surface area contributed by atoms with Crippen molar-refractivity contribution in [3.63, 3.8) is 0 Å². The Morgan fingerprint density at radius 2 is 2.05 bits per heavy atom. The van der Waals surface area contributed by atoms with E-state index in [0.717, 1.165) is 12.1 Å². The Bertz CT molecular complexity index is 403. The van der Waals surface area contributed by atoms with Gasteiger partial charge in [-0.05, 0) is 46.2 Å². The number of nitrogens with one attached hydrogen (secondary N) is 2. The highest BCUT2D eigenvalue weighted by Gasteiger charge is 2.24. The van der Waals surface area contributed by atoms with Gasteiger partial charge in [-0.1, -0.05) is 13.0 Å². The minimum Gasteiger partial charge on any atom is -0.349 e. The van der Waals surface area contributed by atoms with Gasteiger partial charge in [0.1, 0.15) is 5.25 Å². The molecule has 7 heteroatoms. The summed E-state index contributed by atoms with van der Waals surface area (Å²) < 4.78 is 29.9. The molecule has 1 saturated heterocycles. The summed E-state index contributed by atoms with van der Waals surface area (Å²) in [5.41, 5.74) is 0. The number of carbonyl (C=O) groups excluding carboxylic acids is 1. The quantitative estimate of drug-likeness (QED) is 0.534. The number of hydrogen-bond donors (Lipinski definition) is 3. The Kier molecular flexibility index (Phi) is 8.68. The molecule has 1 rings (SSSR count). The highest BCUT2D eigenvalue weighted by Crippen LogP contribution is 2.04. The number of hydrogen-bond acceptors (Lipinski definition) is 4. The summed E-state index contributed by atoms with van der Waals surface area (Å²) in [6.45, 7) is 9.49. The van der Waals surface area contributed by atoms with Crippen molar-refractivity contribution in [1.29, 1.82) is 0 Å². The van der Waals surface area contributed by atoms with Gasteiger partial charge in [0.2, 0.25) is 5.91 Å². The second kappa shape index (κ2) is 9.10. The molecule has 3 unspecified atom stereocenters. The molecule has 1 amide bonds. The maximum absolute atomic E-state index is 10.7. The van der Waals surface area contributed by atoms with Gasteiger partial charge in [0.25, 0.3) is 10.1 Å². The van der Waals surface area contributed by atoms with E-state index in [1.54, 1.807) is 0 Å². The lowest BCUT2D eigenvalue weighted by molar-refractivity contribution is -0.117. The largest absolute Gasteiger partial charge is 0.349 e. The summed E-state index contributed by atoms with van der Waals surface area (Å²) in [5.74, 6) is -0.469. The summed E-state index contributed by atoms with van der Waals surface area (Å²) in [6.07, 6.45) is 5.21. The van der Waals surface area contributed by atoms with Crippen molar-refractivity contribution in [1.82, 2.24) is 10.6 Å². The number of rotatable bonds is 4. The molecule has 0 aromatic heterocycles. The van der Waals surface area contributed by atoms with Crippen LogP contribution in [0.3, 0.4) is 0 Å². The van der Waals surface area contributed by atoms with E-state index in [1.165, 1.54) is 39.7 Å². The Balaban J connectivity index is 0.000000428. The lowest BCUT2D eigenvalue weighted by Crippen LogP contribution is -2.42. The topological polar surface area (TPSA) is 95.5 Å². The zero-order valence-electron chi connectivity index (χ0n) is 12.4. The first-order valence-corrected chi connectivity index (χ1v) is 8.31. The van der Waals surface area contributed by atoms with Gasteiger partial charge in [-0.25, -0.2) is 0 Å². The maximum Gasteiger partial charge on any atom is 0.269 e. The van der Waals surface area contributed by atoms with Crippen LogP contribution in [0.1, 0.15) is 40.0 Å². The smallest absolute Gasteiger partial charge is 0.269 e. The third-order valence-electron chi connectivity index (χ3n) is 3.29. The number of carbonyl (C=O) groups is 1. The van der Waals surface area contributed by atoms with Crippen LogP contribution in [-0.4, -0.2) is 42.8 Å². The highest BCUT2D eigenvalue weighted by atomic mass is 32.2. The van der Waals surface area contributed by atoms with Crippen LogP contribution in [0.15, 0.2) is 12.7 Å². The van der Waals surface area contributed by atoms with Crippen molar-refractivity contribution in [2.75, 3.05) is 6.54 Å². The van der Waals surface area contributed by atoms with Crippen LogP contribution >= 0.6 is 0 Å². The molecule has 20 heavy (non-hydrogen) atoms. The predicted octanol–water partition coefficient (Wildman–Crippen LogP) is 1.10. The van der Waals surface area contributed by atoms with Gasteiger partial charge in [0, 0.05) is 12.1 Å². The molecular weight excluding hydrogens is 280 g/mol. The van der Waals surface area contributed by atoms with E-state index >= 15 is 0 Å². The van der Waals surface area contributed by atoms with E-state index in [-0.39, 0.29) is 0 Å². The second-order valence-corrected chi connectivity index (χ2v) is 6.85. The fourth-order valence-corrected chi connectivity index (χ4v) is 2.27. The van der Waals surface area contributed by atoms with Crippen LogP contribution in [-0.2, 0) is 14.9 Å². The molecule has 0 aromatic rings. The molecule has 6 nitrogen and oxygen atoms in total. The van der Waals surface area contributed by atoms with Crippen LogP contribution in [0.4, 0.5) is 0 Å². The Morgan fingerprint density at radius 1 is 1.45 bits per heavy atom. The van der Waals surface area contributed by atoms with Crippen molar-refractivity contribution < 1.29 is 17.8 Å². The van der Waals surface area contributed by atoms with Crippen molar-refractivity contribution in [3.8, 4) is 0 Å². The van der Waals surface area contributed by atoms with Gasteiger partial charge in [-0.3, -0.25) is 9.35 Å². The van der Waals surface area contributed by atoms with Crippen molar-refractivity contribution >= 4 is 16.0 Å². The molecule has 0 aromatic carbocycles. The minimum atomic E-state index is -4.10. The van der Waals surface area contributed by atoms with Gasteiger partial charge in [0.05, 0.1) is 0 Å². The van der Waals surface area contributed by atoms with E-state index < -0.39 is 27.3 Å². The van der Waals surface area contributed by atoms with Gasteiger partial charge < -0.3 is 10.6 Å². The first-order chi connectivity index (χ1) is 9.18. The van der Waals surface area contributed by atoms with Crippen molar-refractivity contribution in [2.45, 2.75) is 57.4 Å². The molecule has 1 aliphatic rings. The van der Waals surface area contributed by atoms with Gasteiger partial charge in [-0.15, -0.1) is 0 Å². The van der Waals surface area contributed by atoms with Crippen LogP contribution in [0, 0.1) is 0 Å². The molecule has 3 N–H and O–H groups in total. The van der Waals surface area contributed by atoms with Crippen LogP contribution in [0.2, 0.25) is 0 Å². The van der Waals surface area contributed by atoms with E-state index in [4.69, 9.17) is 4.55 Å². The first-order valence-electron chi connectivity index (χ1n) is 6.81. The predicted molar refractivity (Wildman–Crippen MR) is 80.1 cm³/mol. The second-order valence-electron chi connectivity index (χ2n) is 5.07. The molecule has 0 saturated carbocycles. The summed E-state index contributed by atoms with van der Waals surface area (Å²) in [4.78, 5) is 10.7. The van der Waals surface area contributed by atoms with Crippen LogP contribution in [0.25, 0.3) is 0 Å². The third kappa shape index (κ3) is 8.29. The highest BCUT2D eigenvalue weighted by molar-refractivity contribution is 7.86. The molecule has 0 radical (unpaired) electrons. The molecule has 118 valence electrons. The average molecular weight is 306 g/mol. The third-order valence-corrected chi connectivity index (χ3v) is 4.63. The van der Waals surface area contributed by atoms with Gasteiger partial charge in [-0.2, -0.15) is 8.42 Å². The van der Waals surface area contributed by atoms with Crippen LogP contribution in [0.5, 0.6) is 0 Å². The lowest BCUT2D eigenvalue weighted by atomic mass is 10.1. The fourth-order valence-electron chi connectivity index (χ4n) is 1.68. The summed E-state index contributed by atoms with van der Waals surface area (Å²) in [5, 5.41) is 4.69. The zero-order valence-corrected chi connectivity index (χ0v) is 13.2. The van der Waals surface area contributed by atoms with Gasteiger partial charge in [0.15, 0.2) is 0 Å². The van der Waals surface area contributed by atoms with Crippen LogP contribution < -0.4 is 10.6 Å². The van der Waals surface area contributed by atoms with Gasteiger partial charge >= 0.3 is 0 Å². The minimum absolute atomic E-state index is 0.469. The summed E-state index contributed by atoms with van der Waals surface area (Å²) in [7, 11) is -4.10. The number of amides is 1. The number of piperidine rings is 1. The fraction of sp³-hybridized carbons (Fsp3) is 0.769. The molecule has 1 heterocycles. The van der Waals surface area contributed by atoms with Crippen molar-refractivity contribution in [3.05, 3.63) is 12.7 Å². The van der Waals surface area contributed by atoms with E-state index in [1.807, 2.05) is 0 Å². The summed E-state index contributed by atoms with van der Waals surface area (Å²) in [6, 6.07) is 0.134. The lowest BCUT2D eigenvalue weighted by Gasteiger charge is -2.18. The normalized spacial score (nSPS) is 21.9. The molecule has 0 aliphatic carbocycles. The molecule has 3 atom stereocenters. The maximum atomic E-state index is 10.7. The van der Waals surface area contributed by atoms with Crippen molar-refractivity contribution in [2.24, 2.45) is 0 Å². The van der Waals surface area contributed by atoms with E-state index in [9.17, 15) is 13.2 Å². The SMILES string of the molecule is C=CC(=O)NC(C)C(C)S(=O)(=O)O.CC1CCCCN1. The van der Waals surface area contributed by atoms with E-state index in [0.29, 0.717) is 0 Å². The average Bonchev–Trinajstić information content (AvgIpc) is 2.38. The van der Waals surface area contributed by atoms with E-state index in [2.05, 4.69) is 24.1 Å².